The van der Waals surface area contributed by atoms with E-state index in [1.165, 1.54) is 49.7 Å². The SMILES string of the molecule is COc1ccc(C(CN)C2CCCCCC2)cc1C. The first-order valence-electron chi connectivity index (χ1n) is 7.61. The van der Waals surface area contributed by atoms with Gasteiger partial charge in [-0.1, -0.05) is 37.8 Å². The molecule has 106 valence electrons. The summed E-state index contributed by atoms with van der Waals surface area (Å²) in [5.74, 6) is 2.25. The fraction of sp³-hybridized carbons (Fsp3) is 0.647. The standard InChI is InChI=1S/C17H27NO/c1-13-11-15(9-10-17(13)19-2)16(12-18)14-7-5-3-4-6-8-14/h9-11,14,16H,3-8,12,18H2,1-2H3. The summed E-state index contributed by atoms with van der Waals surface area (Å²) in [5.41, 5.74) is 8.69. The molecule has 1 aliphatic rings. The number of methoxy groups -OCH3 is 1. The van der Waals surface area contributed by atoms with Crippen molar-refractivity contribution >= 4 is 0 Å². The van der Waals surface area contributed by atoms with Crippen LogP contribution >= 0.6 is 0 Å². The molecule has 1 saturated carbocycles. The van der Waals surface area contributed by atoms with E-state index in [2.05, 4.69) is 25.1 Å². The highest BCUT2D eigenvalue weighted by Gasteiger charge is 2.23. The summed E-state index contributed by atoms with van der Waals surface area (Å²) in [4.78, 5) is 0. The van der Waals surface area contributed by atoms with Crippen molar-refractivity contribution in [2.75, 3.05) is 13.7 Å². The van der Waals surface area contributed by atoms with Gasteiger partial charge in [-0.05, 0) is 55.3 Å². The van der Waals surface area contributed by atoms with E-state index in [9.17, 15) is 0 Å². The van der Waals surface area contributed by atoms with Crippen molar-refractivity contribution in [1.82, 2.24) is 0 Å². The number of ether oxygens (including phenoxy) is 1. The number of benzene rings is 1. The molecule has 1 atom stereocenters. The fourth-order valence-corrected chi connectivity index (χ4v) is 3.45. The van der Waals surface area contributed by atoms with Crippen LogP contribution in [-0.4, -0.2) is 13.7 Å². The molecule has 1 aliphatic carbocycles. The summed E-state index contributed by atoms with van der Waals surface area (Å²) in [6, 6.07) is 6.56. The third kappa shape index (κ3) is 3.50. The molecule has 19 heavy (non-hydrogen) atoms. The van der Waals surface area contributed by atoms with Crippen LogP contribution in [0.2, 0.25) is 0 Å². The van der Waals surface area contributed by atoms with Crippen molar-refractivity contribution in [2.24, 2.45) is 11.7 Å². The van der Waals surface area contributed by atoms with Gasteiger partial charge in [0.1, 0.15) is 5.75 Å². The van der Waals surface area contributed by atoms with Gasteiger partial charge in [0.2, 0.25) is 0 Å². The molecule has 0 aromatic heterocycles. The maximum atomic E-state index is 6.08. The highest BCUT2D eigenvalue weighted by atomic mass is 16.5. The van der Waals surface area contributed by atoms with E-state index in [4.69, 9.17) is 10.5 Å². The van der Waals surface area contributed by atoms with Crippen LogP contribution in [-0.2, 0) is 0 Å². The molecule has 0 bridgehead atoms. The molecule has 1 aromatic rings. The highest BCUT2D eigenvalue weighted by molar-refractivity contribution is 5.38. The first-order valence-corrected chi connectivity index (χ1v) is 7.61. The van der Waals surface area contributed by atoms with Crippen LogP contribution in [0.3, 0.4) is 0 Å². The van der Waals surface area contributed by atoms with E-state index in [-0.39, 0.29) is 0 Å². The van der Waals surface area contributed by atoms with Gasteiger partial charge in [0.15, 0.2) is 0 Å². The van der Waals surface area contributed by atoms with Crippen LogP contribution in [0.4, 0.5) is 0 Å². The lowest BCUT2D eigenvalue weighted by Gasteiger charge is -2.26. The van der Waals surface area contributed by atoms with E-state index in [1.54, 1.807) is 7.11 Å². The second-order valence-electron chi connectivity index (χ2n) is 5.82. The van der Waals surface area contributed by atoms with Crippen LogP contribution < -0.4 is 10.5 Å². The van der Waals surface area contributed by atoms with Crippen LogP contribution in [0.1, 0.15) is 55.6 Å². The van der Waals surface area contributed by atoms with Crippen LogP contribution in [0, 0.1) is 12.8 Å². The second-order valence-corrected chi connectivity index (χ2v) is 5.82. The average molecular weight is 261 g/mol. The summed E-state index contributed by atoms with van der Waals surface area (Å²) >= 11 is 0. The van der Waals surface area contributed by atoms with Crippen molar-refractivity contribution in [1.29, 1.82) is 0 Å². The van der Waals surface area contributed by atoms with Crippen molar-refractivity contribution in [2.45, 2.75) is 51.4 Å². The Bertz CT molecular complexity index is 394. The molecule has 0 saturated heterocycles. The maximum Gasteiger partial charge on any atom is 0.121 e. The van der Waals surface area contributed by atoms with Gasteiger partial charge in [0.05, 0.1) is 7.11 Å². The molecular weight excluding hydrogens is 234 g/mol. The molecule has 0 radical (unpaired) electrons. The molecule has 0 aliphatic heterocycles. The first-order chi connectivity index (χ1) is 9.26. The summed E-state index contributed by atoms with van der Waals surface area (Å²) in [6.45, 7) is 2.87. The van der Waals surface area contributed by atoms with E-state index in [0.29, 0.717) is 5.92 Å². The Balaban J connectivity index is 2.18. The molecule has 1 fully saturated rings. The lowest BCUT2D eigenvalue weighted by molar-refractivity contribution is 0.378. The number of rotatable bonds is 4. The van der Waals surface area contributed by atoms with Crippen molar-refractivity contribution in [3.63, 3.8) is 0 Å². The molecular formula is C17H27NO. The minimum Gasteiger partial charge on any atom is -0.496 e. The lowest BCUT2D eigenvalue weighted by Crippen LogP contribution is -2.21. The third-order valence-electron chi connectivity index (χ3n) is 4.57. The van der Waals surface area contributed by atoms with Gasteiger partial charge in [-0.25, -0.2) is 0 Å². The van der Waals surface area contributed by atoms with Gasteiger partial charge in [0, 0.05) is 0 Å². The van der Waals surface area contributed by atoms with Gasteiger partial charge >= 0.3 is 0 Å². The Hall–Kier alpha value is -1.02. The molecule has 1 unspecified atom stereocenters. The average Bonchev–Trinajstić information content (AvgIpc) is 2.69. The fourth-order valence-electron chi connectivity index (χ4n) is 3.45. The van der Waals surface area contributed by atoms with Crippen LogP contribution in [0.5, 0.6) is 5.75 Å². The Kier molecular flexibility index (Phi) is 5.26. The predicted molar refractivity (Wildman–Crippen MR) is 80.7 cm³/mol. The molecule has 0 amide bonds. The Morgan fingerprint density at radius 2 is 1.89 bits per heavy atom. The largest absolute Gasteiger partial charge is 0.496 e. The predicted octanol–water partition coefficient (Wildman–Crippen LogP) is 4.02. The second kappa shape index (κ2) is 6.95. The van der Waals surface area contributed by atoms with Crippen molar-refractivity contribution in [3.8, 4) is 5.75 Å². The minimum atomic E-state index is 0.516. The van der Waals surface area contributed by atoms with E-state index in [1.807, 2.05) is 0 Å². The highest BCUT2D eigenvalue weighted by Crippen LogP contribution is 2.35. The number of hydrogen-bond acceptors (Lipinski definition) is 2. The quantitative estimate of drug-likeness (QED) is 0.831. The smallest absolute Gasteiger partial charge is 0.121 e. The van der Waals surface area contributed by atoms with E-state index >= 15 is 0 Å². The van der Waals surface area contributed by atoms with Gasteiger partial charge in [-0.2, -0.15) is 0 Å². The van der Waals surface area contributed by atoms with Crippen LogP contribution in [0.15, 0.2) is 18.2 Å². The lowest BCUT2D eigenvalue weighted by atomic mass is 9.81. The Morgan fingerprint density at radius 3 is 2.42 bits per heavy atom. The number of aryl methyl sites for hydroxylation is 1. The molecule has 0 spiro atoms. The summed E-state index contributed by atoms with van der Waals surface area (Å²) in [6.07, 6.45) is 8.22. The zero-order valence-electron chi connectivity index (χ0n) is 12.3. The molecule has 2 heteroatoms. The zero-order valence-corrected chi connectivity index (χ0v) is 12.3. The maximum absolute atomic E-state index is 6.08. The summed E-state index contributed by atoms with van der Waals surface area (Å²) < 4.78 is 5.35. The van der Waals surface area contributed by atoms with E-state index in [0.717, 1.165) is 18.2 Å². The molecule has 1 aromatic carbocycles. The van der Waals surface area contributed by atoms with Gasteiger partial charge in [-0.3, -0.25) is 0 Å². The third-order valence-corrected chi connectivity index (χ3v) is 4.57. The Labute approximate surface area is 117 Å². The molecule has 2 nitrogen and oxygen atoms in total. The minimum absolute atomic E-state index is 0.516. The van der Waals surface area contributed by atoms with E-state index < -0.39 is 0 Å². The van der Waals surface area contributed by atoms with Gasteiger partial charge < -0.3 is 10.5 Å². The van der Waals surface area contributed by atoms with Gasteiger partial charge in [0.25, 0.3) is 0 Å². The zero-order chi connectivity index (χ0) is 13.7. The van der Waals surface area contributed by atoms with Crippen LogP contribution in [0.25, 0.3) is 0 Å². The topological polar surface area (TPSA) is 35.2 Å². The molecule has 0 heterocycles. The van der Waals surface area contributed by atoms with Crippen molar-refractivity contribution in [3.05, 3.63) is 29.3 Å². The summed E-state index contributed by atoms with van der Waals surface area (Å²) in [5, 5.41) is 0. The van der Waals surface area contributed by atoms with Gasteiger partial charge in [-0.15, -0.1) is 0 Å². The number of hydrogen-bond donors (Lipinski definition) is 1. The van der Waals surface area contributed by atoms with Crippen molar-refractivity contribution < 1.29 is 4.74 Å². The number of nitrogens with two attached hydrogens (primary N) is 1. The normalized spacial score (nSPS) is 18.9. The summed E-state index contributed by atoms with van der Waals surface area (Å²) in [7, 11) is 1.73. The monoisotopic (exact) mass is 261 g/mol. The Morgan fingerprint density at radius 1 is 1.21 bits per heavy atom. The first kappa shape index (κ1) is 14.4. The molecule has 2 rings (SSSR count). The molecule has 2 N–H and O–H groups in total.